The Morgan fingerprint density at radius 3 is 2.74 bits per heavy atom. The third kappa shape index (κ3) is 4.32. The Morgan fingerprint density at radius 2 is 2.04 bits per heavy atom. The Balaban J connectivity index is 2.17. The standard InChI is InChI=1S/C17H14N2O4/c1-22-17-10-13(8-9-19(20)21)6-7-16(17)23-12-15-5-3-2-4-14(15)11-18/h2-10H,12H2,1H3. The molecule has 2 rings (SSSR count). The molecule has 0 spiro atoms. The van der Waals surface area contributed by atoms with Gasteiger partial charge >= 0.3 is 0 Å². The van der Waals surface area contributed by atoms with Crippen LogP contribution in [0.3, 0.4) is 0 Å². The van der Waals surface area contributed by atoms with E-state index in [1.807, 2.05) is 12.1 Å². The van der Waals surface area contributed by atoms with E-state index in [0.29, 0.717) is 22.6 Å². The van der Waals surface area contributed by atoms with E-state index in [1.54, 1.807) is 30.3 Å². The van der Waals surface area contributed by atoms with Crippen LogP contribution in [-0.2, 0) is 6.61 Å². The molecule has 23 heavy (non-hydrogen) atoms. The fourth-order valence-corrected chi connectivity index (χ4v) is 1.96. The van der Waals surface area contributed by atoms with Gasteiger partial charge in [-0.05, 0) is 23.8 Å². The second kappa shape index (κ2) is 7.61. The van der Waals surface area contributed by atoms with Gasteiger partial charge in [0.2, 0.25) is 6.20 Å². The average Bonchev–Trinajstić information content (AvgIpc) is 2.58. The highest BCUT2D eigenvalue weighted by Gasteiger charge is 2.07. The zero-order valence-corrected chi connectivity index (χ0v) is 12.4. The summed E-state index contributed by atoms with van der Waals surface area (Å²) >= 11 is 0. The summed E-state index contributed by atoms with van der Waals surface area (Å²) in [6.07, 6.45) is 2.23. The first-order chi connectivity index (χ1) is 11.1. The molecule has 116 valence electrons. The third-order valence-electron chi connectivity index (χ3n) is 3.10. The number of rotatable bonds is 6. The fraction of sp³-hybridized carbons (Fsp3) is 0.118. The molecule has 0 fully saturated rings. The van der Waals surface area contributed by atoms with Gasteiger partial charge < -0.3 is 9.47 Å². The van der Waals surface area contributed by atoms with E-state index >= 15 is 0 Å². The molecule has 0 atom stereocenters. The topological polar surface area (TPSA) is 85.4 Å². The molecule has 0 heterocycles. The van der Waals surface area contributed by atoms with E-state index in [0.717, 1.165) is 11.8 Å². The van der Waals surface area contributed by atoms with Gasteiger partial charge in [-0.1, -0.05) is 24.3 Å². The number of methoxy groups -OCH3 is 1. The van der Waals surface area contributed by atoms with Crippen molar-refractivity contribution in [2.24, 2.45) is 0 Å². The van der Waals surface area contributed by atoms with Crippen LogP contribution in [0, 0.1) is 21.4 Å². The predicted octanol–water partition coefficient (Wildman–Crippen LogP) is 3.39. The Hall–Kier alpha value is -3.33. The summed E-state index contributed by atoms with van der Waals surface area (Å²) in [6, 6.07) is 14.3. The van der Waals surface area contributed by atoms with Gasteiger partial charge in [-0.2, -0.15) is 5.26 Å². The Morgan fingerprint density at radius 1 is 1.26 bits per heavy atom. The fourth-order valence-electron chi connectivity index (χ4n) is 1.96. The van der Waals surface area contributed by atoms with Crippen LogP contribution < -0.4 is 9.47 Å². The molecule has 0 saturated carbocycles. The van der Waals surface area contributed by atoms with Gasteiger partial charge in [0, 0.05) is 11.6 Å². The lowest BCUT2D eigenvalue weighted by atomic mass is 10.1. The minimum Gasteiger partial charge on any atom is -0.493 e. The molecule has 2 aromatic rings. The molecule has 0 aliphatic carbocycles. The Kier molecular flexibility index (Phi) is 5.31. The van der Waals surface area contributed by atoms with Crippen molar-refractivity contribution in [2.45, 2.75) is 6.61 Å². The van der Waals surface area contributed by atoms with Crippen LogP contribution in [0.25, 0.3) is 6.08 Å². The number of hydrogen-bond acceptors (Lipinski definition) is 5. The maximum Gasteiger partial charge on any atom is 0.235 e. The van der Waals surface area contributed by atoms with Crippen molar-refractivity contribution in [2.75, 3.05) is 7.11 Å². The van der Waals surface area contributed by atoms with Crippen molar-refractivity contribution in [3.63, 3.8) is 0 Å². The molecule has 6 heteroatoms. The summed E-state index contributed by atoms with van der Waals surface area (Å²) in [5.74, 6) is 0.962. The van der Waals surface area contributed by atoms with Gasteiger partial charge in [-0.15, -0.1) is 0 Å². The molecule has 0 aliphatic heterocycles. The third-order valence-corrected chi connectivity index (χ3v) is 3.10. The lowest BCUT2D eigenvalue weighted by molar-refractivity contribution is -0.400. The smallest absolute Gasteiger partial charge is 0.235 e. The van der Waals surface area contributed by atoms with E-state index in [4.69, 9.17) is 14.7 Å². The summed E-state index contributed by atoms with van der Waals surface area (Å²) in [7, 11) is 1.49. The zero-order valence-electron chi connectivity index (χ0n) is 12.4. The number of nitrogens with zero attached hydrogens (tertiary/aromatic N) is 2. The summed E-state index contributed by atoms with van der Waals surface area (Å²) in [4.78, 5) is 9.82. The summed E-state index contributed by atoms with van der Waals surface area (Å²) < 4.78 is 10.9. The van der Waals surface area contributed by atoms with Gasteiger partial charge in [0.1, 0.15) is 6.61 Å². The van der Waals surface area contributed by atoms with Gasteiger partial charge in [-0.25, -0.2) is 0 Å². The van der Waals surface area contributed by atoms with Crippen LogP contribution >= 0.6 is 0 Å². The largest absolute Gasteiger partial charge is 0.493 e. The van der Waals surface area contributed by atoms with Gasteiger partial charge in [0.15, 0.2) is 11.5 Å². The molecular formula is C17H14N2O4. The predicted molar refractivity (Wildman–Crippen MR) is 84.5 cm³/mol. The second-order valence-electron chi connectivity index (χ2n) is 4.57. The summed E-state index contributed by atoms with van der Waals surface area (Å²) in [6.45, 7) is 0.226. The van der Waals surface area contributed by atoms with Crippen LogP contribution in [0.5, 0.6) is 11.5 Å². The molecule has 0 radical (unpaired) electrons. The molecule has 0 unspecified atom stereocenters. The van der Waals surface area contributed by atoms with Crippen molar-refractivity contribution in [3.8, 4) is 17.6 Å². The van der Waals surface area contributed by atoms with Crippen molar-refractivity contribution in [1.82, 2.24) is 0 Å². The molecular weight excluding hydrogens is 296 g/mol. The van der Waals surface area contributed by atoms with Gasteiger partial charge in [-0.3, -0.25) is 10.1 Å². The maximum absolute atomic E-state index is 10.4. The lowest BCUT2D eigenvalue weighted by Gasteiger charge is -2.12. The van der Waals surface area contributed by atoms with Crippen molar-refractivity contribution >= 4 is 6.08 Å². The van der Waals surface area contributed by atoms with E-state index in [1.165, 1.54) is 13.2 Å². The first kappa shape index (κ1) is 16.0. The summed E-state index contributed by atoms with van der Waals surface area (Å²) in [5, 5.41) is 19.4. The first-order valence-electron chi connectivity index (χ1n) is 6.74. The minimum absolute atomic E-state index is 0.226. The Labute approximate surface area is 133 Å². The SMILES string of the molecule is COc1cc(C=C[N+](=O)[O-])ccc1OCc1ccccc1C#N. The molecule has 0 aromatic heterocycles. The van der Waals surface area contributed by atoms with Crippen LogP contribution in [-0.4, -0.2) is 12.0 Å². The highest BCUT2D eigenvalue weighted by Crippen LogP contribution is 2.29. The molecule has 0 N–H and O–H groups in total. The van der Waals surface area contributed by atoms with Crippen LogP contribution in [0.15, 0.2) is 48.7 Å². The Bertz CT molecular complexity index is 778. The molecule has 2 aromatic carbocycles. The monoisotopic (exact) mass is 310 g/mol. The molecule has 6 nitrogen and oxygen atoms in total. The highest BCUT2D eigenvalue weighted by atomic mass is 16.6. The average molecular weight is 310 g/mol. The van der Waals surface area contributed by atoms with Crippen molar-refractivity contribution in [1.29, 1.82) is 5.26 Å². The number of nitro groups is 1. The quantitative estimate of drug-likeness (QED) is 0.603. The normalized spacial score (nSPS) is 10.3. The maximum atomic E-state index is 10.4. The highest BCUT2D eigenvalue weighted by molar-refractivity contribution is 5.55. The van der Waals surface area contributed by atoms with Crippen molar-refractivity contribution < 1.29 is 14.4 Å². The minimum atomic E-state index is -0.532. The van der Waals surface area contributed by atoms with Gasteiger partial charge in [0.25, 0.3) is 0 Å². The van der Waals surface area contributed by atoms with E-state index < -0.39 is 4.92 Å². The number of ether oxygens (including phenoxy) is 2. The van der Waals surface area contributed by atoms with E-state index in [-0.39, 0.29) is 6.61 Å². The molecule has 0 amide bonds. The molecule has 0 bridgehead atoms. The van der Waals surface area contributed by atoms with Crippen LogP contribution in [0.4, 0.5) is 0 Å². The van der Waals surface area contributed by atoms with Crippen molar-refractivity contribution in [3.05, 3.63) is 75.5 Å². The first-order valence-corrected chi connectivity index (χ1v) is 6.74. The molecule has 0 aliphatic rings. The number of nitriles is 1. The number of hydrogen-bond donors (Lipinski definition) is 0. The van der Waals surface area contributed by atoms with Gasteiger partial charge in [0.05, 0.1) is 23.7 Å². The second-order valence-corrected chi connectivity index (χ2v) is 4.57. The lowest BCUT2D eigenvalue weighted by Crippen LogP contribution is -2.00. The summed E-state index contributed by atoms with van der Waals surface area (Å²) in [5.41, 5.74) is 1.95. The van der Waals surface area contributed by atoms with E-state index in [2.05, 4.69) is 6.07 Å². The molecule has 0 saturated heterocycles. The van der Waals surface area contributed by atoms with Crippen LogP contribution in [0.1, 0.15) is 16.7 Å². The zero-order chi connectivity index (χ0) is 16.7. The van der Waals surface area contributed by atoms with E-state index in [9.17, 15) is 10.1 Å². The number of benzene rings is 2. The van der Waals surface area contributed by atoms with Crippen LogP contribution in [0.2, 0.25) is 0 Å².